The minimum absolute atomic E-state index is 0.0289. The van der Waals surface area contributed by atoms with E-state index in [1.54, 1.807) is 11.9 Å². The van der Waals surface area contributed by atoms with Crippen LogP contribution in [0.15, 0.2) is 0 Å². The molecule has 1 aliphatic rings. The number of amides is 1. The fourth-order valence-electron chi connectivity index (χ4n) is 2.48. The third-order valence-electron chi connectivity index (χ3n) is 3.61. The van der Waals surface area contributed by atoms with Gasteiger partial charge in [0.1, 0.15) is 5.92 Å². The maximum Gasteiger partial charge on any atom is 0.318 e. The number of esters is 1. The Morgan fingerprint density at radius 3 is 2.18 bits per heavy atom. The van der Waals surface area contributed by atoms with E-state index in [4.69, 9.17) is 4.74 Å². The molecule has 0 aromatic carbocycles. The lowest BCUT2D eigenvalue weighted by atomic mass is 9.94. The number of methoxy groups -OCH3 is 1. The van der Waals surface area contributed by atoms with Crippen molar-refractivity contribution in [3.8, 4) is 0 Å². The van der Waals surface area contributed by atoms with Crippen molar-refractivity contribution < 1.29 is 14.3 Å². The van der Waals surface area contributed by atoms with Crippen LogP contribution in [0.2, 0.25) is 0 Å². The van der Waals surface area contributed by atoms with Crippen LogP contribution in [0.3, 0.4) is 0 Å². The van der Waals surface area contributed by atoms with Crippen molar-refractivity contribution in [2.24, 2.45) is 11.8 Å². The minimum Gasteiger partial charge on any atom is -0.468 e. The number of hydrogen-bond acceptors (Lipinski definition) is 3. The van der Waals surface area contributed by atoms with Crippen molar-refractivity contribution in [2.45, 2.75) is 45.6 Å². The molecule has 0 bridgehead atoms. The normalized spacial score (nSPS) is 18.2. The van der Waals surface area contributed by atoms with Gasteiger partial charge in [-0.1, -0.05) is 26.7 Å². The van der Waals surface area contributed by atoms with E-state index in [2.05, 4.69) is 0 Å². The molecular weight excluding hydrogens is 218 g/mol. The van der Waals surface area contributed by atoms with E-state index in [0.717, 1.165) is 12.8 Å². The van der Waals surface area contributed by atoms with Gasteiger partial charge in [0.15, 0.2) is 0 Å². The lowest BCUT2D eigenvalue weighted by molar-refractivity contribution is -0.156. The van der Waals surface area contributed by atoms with Crippen LogP contribution in [0.25, 0.3) is 0 Å². The van der Waals surface area contributed by atoms with Crippen molar-refractivity contribution in [3.05, 3.63) is 0 Å². The van der Waals surface area contributed by atoms with Crippen molar-refractivity contribution >= 4 is 11.9 Å². The maximum atomic E-state index is 12.3. The second kappa shape index (κ2) is 6.03. The van der Waals surface area contributed by atoms with Crippen LogP contribution in [0.1, 0.15) is 39.5 Å². The number of carbonyl (C=O) groups is 2. The van der Waals surface area contributed by atoms with Gasteiger partial charge in [-0.2, -0.15) is 0 Å². The van der Waals surface area contributed by atoms with E-state index >= 15 is 0 Å². The first-order valence-corrected chi connectivity index (χ1v) is 6.33. The number of carbonyl (C=O) groups excluding carboxylic acids is 2. The molecule has 1 aliphatic carbocycles. The molecule has 4 nitrogen and oxygen atoms in total. The average Bonchev–Trinajstić information content (AvgIpc) is 2.80. The predicted molar refractivity (Wildman–Crippen MR) is 65.4 cm³/mol. The number of nitrogens with zero attached hydrogens (tertiary/aromatic N) is 1. The molecule has 0 spiro atoms. The average molecular weight is 241 g/mol. The smallest absolute Gasteiger partial charge is 0.318 e. The first-order valence-electron chi connectivity index (χ1n) is 6.33. The highest BCUT2D eigenvalue weighted by Crippen LogP contribution is 2.25. The van der Waals surface area contributed by atoms with E-state index in [0.29, 0.717) is 6.04 Å². The summed E-state index contributed by atoms with van der Waals surface area (Å²) >= 11 is 0. The standard InChI is InChI=1S/C13H23NO3/c1-9(2)11(13(16)17-4)12(15)14(3)10-7-5-6-8-10/h9-11H,5-8H2,1-4H3. The van der Waals surface area contributed by atoms with Gasteiger partial charge >= 0.3 is 5.97 Å². The van der Waals surface area contributed by atoms with E-state index < -0.39 is 11.9 Å². The molecule has 1 fully saturated rings. The third-order valence-corrected chi connectivity index (χ3v) is 3.61. The van der Waals surface area contributed by atoms with Crippen LogP contribution in [0.4, 0.5) is 0 Å². The molecule has 0 aromatic heterocycles. The quantitative estimate of drug-likeness (QED) is 0.557. The molecule has 98 valence electrons. The fraction of sp³-hybridized carbons (Fsp3) is 0.846. The zero-order valence-electron chi connectivity index (χ0n) is 11.2. The molecule has 17 heavy (non-hydrogen) atoms. The fourth-order valence-corrected chi connectivity index (χ4v) is 2.48. The Morgan fingerprint density at radius 1 is 1.24 bits per heavy atom. The molecule has 0 aromatic rings. The summed E-state index contributed by atoms with van der Waals surface area (Å²) in [7, 11) is 3.14. The van der Waals surface area contributed by atoms with Crippen molar-refractivity contribution in [1.82, 2.24) is 4.90 Å². The van der Waals surface area contributed by atoms with Crippen LogP contribution >= 0.6 is 0 Å². The van der Waals surface area contributed by atoms with Crippen LogP contribution in [-0.4, -0.2) is 37.0 Å². The van der Waals surface area contributed by atoms with Gasteiger partial charge in [0.25, 0.3) is 0 Å². The van der Waals surface area contributed by atoms with Crippen LogP contribution in [0.5, 0.6) is 0 Å². The third kappa shape index (κ3) is 3.20. The lowest BCUT2D eigenvalue weighted by Crippen LogP contribution is -2.44. The Balaban J connectivity index is 2.73. The number of hydrogen-bond donors (Lipinski definition) is 0. The largest absolute Gasteiger partial charge is 0.468 e. The molecule has 1 unspecified atom stereocenters. The van der Waals surface area contributed by atoms with E-state index in [-0.39, 0.29) is 11.8 Å². The maximum absolute atomic E-state index is 12.3. The highest BCUT2D eigenvalue weighted by Gasteiger charge is 2.35. The van der Waals surface area contributed by atoms with Crippen LogP contribution in [0, 0.1) is 11.8 Å². The molecule has 1 atom stereocenters. The highest BCUT2D eigenvalue weighted by atomic mass is 16.5. The van der Waals surface area contributed by atoms with Gasteiger partial charge in [0.05, 0.1) is 7.11 Å². The van der Waals surface area contributed by atoms with E-state index in [9.17, 15) is 9.59 Å². The number of rotatable bonds is 4. The molecule has 1 amide bonds. The summed E-state index contributed by atoms with van der Waals surface area (Å²) in [6.07, 6.45) is 4.45. The summed E-state index contributed by atoms with van der Waals surface area (Å²) in [5.74, 6) is -1.21. The summed E-state index contributed by atoms with van der Waals surface area (Å²) in [4.78, 5) is 25.7. The summed E-state index contributed by atoms with van der Waals surface area (Å²) in [5, 5.41) is 0. The lowest BCUT2D eigenvalue weighted by Gasteiger charge is -2.29. The number of ether oxygens (including phenoxy) is 1. The molecule has 0 heterocycles. The van der Waals surface area contributed by atoms with Crippen molar-refractivity contribution in [3.63, 3.8) is 0 Å². The van der Waals surface area contributed by atoms with Gasteiger partial charge in [0.2, 0.25) is 5.91 Å². The molecule has 0 radical (unpaired) electrons. The van der Waals surface area contributed by atoms with Gasteiger partial charge in [0, 0.05) is 13.1 Å². The molecule has 1 rings (SSSR count). The Hall–Kier alpha value is -1.06. The Kier molecular flexibility index (Phi) is 4.97. The zero-order chi connectivity index (χ0) is 13.0. The molecule has 0 aliphatic heterocycles. The molecule has 1 saturated carbocycles. The summed E-state index contributed by atoms with van der Waals surface area (Å²) < 4.78 is 4.72. The van der Waals surface area contributed by atoms with Crippen LogP contribution < -0.4 is 0 Å². The SMILES string of the molecule is COC(=O)C(C(=O)N(C)C1CCCC1)C(C)C. The second-order valence-electron chi connectivity index (χ2n) is 5.13. The minimum atomic E-state index is -0.661. The van der Waals surface area contributed by atoms with Gasteiger partial charge in [-0.25, -0.2) is 0 Å². The molecule has 0 saturated heterocycles. The first-order chi connectivity index (χ1) is 7.99. The Morgan fingerprint density at radius 2 is 1.76 bits per heavy atom. The predicted octanol–water partition coefficient (Wildman–Crippen LogP) is 1.83. The topological polar surface area (TPSA) is 46.6 Å². The zero-order valence-corrected chi connectivity index (χ0v) is 11.2. The first kappa shape index (κ1) is 14.0. The van der Waals surface area contributed by atoms with Gasteiger partial charge in [-0.05, 0) is 18.8 Å². The van der Waals surface area contributed by atoms with E-state index in [1.165, 1.54) is 20.0 Å². The molecule has 4 heteroatoms. The van der Waals surface area contributed by atoms with Crippen molar-refractivity contribution in [2.75, 3.05) is 14.2 Å². The summed E-state index contributed by atoms with van der Waals surface area (Å²) in [6, 6.07) is 0.299. The monoisotopic (exact) mass is 241 g/mol. The summed E-state index contributed by atoms with van der Waals surface area (Å²) in [6.45, 7) is 3.75. The van der Waals surface area contributed by atoms with Crippen LogP contribution in [-0.2, 0) is 14.3 Å². The second-order valence-corrected chi connectivity index (χ2v) is 5.13. The van der Waals surface area contributed by atoms with Gasteiger partial charge < -0.3 is 9.64 Å². The molecule has 0 N–H and O–H groups in total. The Bertz CT molecular complexity index is 282. The highest BCUT2D eigenvalue weighted by molar-refractivity contribution is 5.98. The summed E-state index contributed by atoms with van der Waals surface area (Å²) in [5.41, 5.74) is 0. The Labute approximate surface area is 103 Å². The van der Waals surface area contributed by atoms with Gasteiger partial charge in [-0.3, -0.25) is 9.59 Å². The van der Waals surface area contributed by atoms with Crippen molar-refractivity contribution in [1.29, 1.82) is 0 Å². The molecular formula is C13H23NO3. The van der Waals surface area contributed by atoms with Gasteiger partial charge in [-0.15, -0.1) is 0 Å². The van der Waals surface area contributed by atoms with E-state index in [1.807, 2.05) is 13.8 Å².